The Balaban J connectivity index is 2.06. The number of halogens is 1. The molecule has 1 unspecified atom stereocenters. The lowest BCUT2D eigenvalue weighted by Gasteiger charge is -2.31. The van der Waals surface area contributed by atoms with Crippen LogP contribution in [-0.2, 0) is 4.74 Å². The fourth-order valence-corrected chi connectivity index (χ4v) is 3.36. The summed E-state index contributed by atoms with van der Waals surface area (Å²) in [4.78, 5) is 22.7. The second kappa shape index (κ2) is 7.88. The third-order valence-corrected chi connectivity index (χ3v) is 4.68. The third-order valence-electron chi connectivity index (χ3n) is 4.34. The van der Waals surface area contributed by atoms with Crippen LogP contribution in [0.25, 0.3) is 0 Å². The maximum Gasteiger partial charge on any atom is 0.251 e. The van der Waals surface area contributed by atoms with E-state index in [1.165, 1.54) is 0 Å². The number of hydrogen-bond acceptors (Lipinski definition) is 6. The Labute approximate surface area is 157 Å². The van der Waals surface area contributed by atoms with Gasteiger partial charge in [0.25, 0.3) is 5.91 Å². The number of nitrogens with one attached hydrogen (secondary N) is 1. The molecule has 1 saturated heterocycles. The molecule has 3 N–H and O–H groups in total. The first kappa shape index (κ1) is 18.4. The molecule has 0 saturated carbocycles. The van der Waals surface area contributed by atoms with Gasteiger partial charge in [0.2, 0.25) is 5.95 Å². The van der Waals surface area contributed by atoms with E-state index in [-0.39, 0.29) is 17.9 Å². The van der Waals surface area contributed by atoms with Gasteiger partial charge < -0.3 is 20.7 Å². The highest BCUT2D eigenvalue weighted by molar-refractivity contribution is 6.31. The predicted octanol–water partition coefficient (Wildman–Crippen LogP) is 2.35. The van der Waals surface area contributed by atoms with E-state index in [0.717, 1.165) is 30.0 Å². The largest absolute Gasteiger partial charge is 0.379 e. The van der Waals surface area contributed by atoms with E-state index in [9.17, 15) is 4.79 Å². The monoisotopic (exact) mass is 375 g/mol. The molecule has 2 aromatic rings. The van der Waals surface area contributed by atoms with E-state index in [1.54, 1.807) is 19.2 Å². The summed E-state index contributed by atoms with van der Waals surface area (Å²) in [5.41, 5.74) is 8.01. The van der Waals surface area contributed by atoms with Crippen LogP contribution in [0.4, 0.5) is 11.8 Å². The van der Waals surface area contributed by atoms with Gasteiger partial charge in [-0.1, -0.05) is 11.6 Å². The minimum Gasteiger partial charge on any atom is -0.379 e. The maximum absolute atomic E-state index is 12.0. The van der Waals surface area contributed by atoms with Crippen LogP contribution in [0.2, 0.25) is 5.02 Å². The molecule has 0 radical (unpaired) electrons. The van der Waals surface area contributed by atoms with Crippen molar-refractivity contribution in [2.24, 2.45) is 0 Å². The Morgan fingerprint density at radius 2 is 2.19 bits per heavy atom. The van der Waals surface area contributed by atoms with Crippen molar-refractivity contribution in [1.82, 2.24) is 15.3 Å². The number of ether oxygens (including phenoxy) is 1. The van der Waals surface area contributed by atoms with Crippen LogP contribution in [-0.4, -0.2) is 42.7 Å². The molecule has 0 spiro atoms. The topological polar surface area (TPSA) is 93.4 Å². The lowest BCUT2D eigenvalue weighted by Crippen LogP contribution is -2.32. The SMILES string of the molecule is CNC(=O)c1ccc(Cl)c(C2COCCCN2c2cc(C)nc(N)n2)c1. The standard InChI is InChI=1S/C18H22ClN5O2/c1-11-8-16(23-18(20)22-11)24-6-3-7-26-10-15(24)13-9-12(17(25)21-2)4-5-14(13)19/h4-5,8-9,15H,3,6-7,10H2,1-2H3,(H,21,25)(H2,20,22,23). The van der Waals surface area contributed by atoms with Gasteiger partial charge in [-0.3, -0.25) is 4.79 Å². The summed E-state index contributed by atoms with van der Waals surface area (Å²) in [6, 6.07) is 6.97. The van der Waals surface area contributed by atoms with Gasteiger partial charge in [-0.05, 0) is 37.1 Å². The normalized spacial score (nSPS) is 17.7. The number of amides is 1. The van der Waals surface area contributed by atoms with Gasteiger partial charge in [0.15, 0.2) is 0 Å². The van der Waals surface area contributed by atoms with Crippen LogP contribution in [0.15, 0.2) is 24.3 Å². The quantitative estimate of drug-likeness (QED) is 0.855. The summed E-state index contributed by atoms with van der Waals surface area (Å²) in [7, 11) is 1.60. The molecule has 8 heteroatoms. The number of benzene rings is 1. The zero-order valence-corrected chi connectivity index (χ0v) is 15.6. The number of carbonyl (C=O) groups is 1. The molecule has 0 bridgehead atoms. The molecular formula is C18H22ClN5O2. The summed E-state index contributed by atoms with van der Waals surface area (Å²) in [5.74, 6) is 0.798. The van der Waals surface area contributed by atoms with Gasteiger partial charge in [-0.25, -0.2) is 4.98 Å². The van der Waals surface area contributed by atoms with Crippen LogP contribution in [0.3, 0.4) is 0 Å². The minimum absolute atomic E-state index is 0.161. The van der Waals surface area contributed by atoms with Gasteiger partial charge in [-0.15, -0.1) is 0 Å². The molecule has 7 nitrogen and oxygen atoms in total. The summed E-state index contributed by atoms with van der Waals surface area (Å²) >= 11 is 6.47. The molecule has 1 aromatic heterocycles. The van der Waals surface area contributed by atoms with E-state index < -0.39 is 0 Å². The maximum atomic E-state index is 12.0. The summed E-state index contributed by atoms with van der Waals surface area (Å²) < 4.78 is 5.78. The first-order valence-electron chi connectivity index (χ1n) is 8.46. The number of aromatic nitrogens is 2. The first-order chi connectivity index (χ1) is 12.5. The van der Waals surface area contributed by atoms with Crippen LogP contribution in [0.5, 0.6) is 0 Å². The molecule has 26 heavy (non-hydrogen) atoms. The number of anilines is 2. The van der Waals surface area contributed by atoms with Crippen LogP contribution in [0, 0.1) is 6.92 Å². The van der Waals surface area contributed by atoms with E-state index in [2.05, 4.69) is 20.2 Å². The van der Waals surface area contributed by atoms with Gasteiger partial charge in [0.1, 0.15) is 5.82 Å². The lowest BCUT2D eigenvalue weighted by atomic mass is 10.0. The Kier molecular flexibility index (Phi) is 5.58. The van der Waals surface area contributed by atoms with Crippen molar-refractivity contribution in [3.05, 3.63) is 46.1 Å². The van der Waals surface area contributed by atoms with Crippen molar-refractivity contribution < 1.29 is 9.53 Å². The molecule has 3 rings (SSSR count). The summed E-state index contributed by atoms with van der Waals surface area (Å²) in [5, 5.41) is 3.22. The van der Waals surface area contributed by atoms with E-state index in [4.69, 9.17) is 22.1 Å². The Hall–Kier alpha value is -2.38. The van der Waals surface area contributed by atoms with Crippen molar-refractivity contribution in [1.29, 1.82) is 0 Å². The smallest absolute Gasteiger partial charge is 0.251 e. The second-order valence-corrected chi connectivity index (χ2v) is 6.59. The van der Waals surface area contributed by atoms with Gasteiger partial charge in [-0.2, -0.15) is 4.98 Å². The lowest BCUT2D eigenvalue weighted by molar-refractivity contribution is 0.0962. The highest BCUT2D eigenvalue weighted by Crippen LogP contribution is 2.33. The van der Waals surface area contributed by atoms with E-state index in [0.29, 0.717) is 23.8 Å². The molecular weight excluding hydrogens is 354 g/mol. The first-order valence-corrected chi connectivity index (χ1v) is 8.84. The second-order valence-electron chi connectivity index (χ2n) is 6.18. The molecule has 1 fully saturated rings. The van der Waals surface area contributed by atoms with Crippen LogP contribution >= 0.6 is 11.6 Å². The average Bonchev–Trinajstić information content (AvgIpc) is 2.86. The molecule has 1 aromatic carbocycles. The molecule has 2 heterocycles. The highest BCUT2D eigenvalue weighted by atomic mass is 35.5. The number of carbonyl (C=O) groups excluding carboxylic acids is 1. The summed E-state index contributed by atoms with van der Waals surface area (Å²) in [6.07, 6.45) is 0.853. The number of hydrogen-bond donors (Lipinski definition) is 2. The fraction of sp³-hybridized carbons (Fsp3) is 0.389. The summed E-state index contributed by atoms with van der Waals surface area (Å²) in [6.45, 7) is 3.71. The zero-order valence-electron chi connectivity index (χ0n) is 14.8. The Morgan fingerprint density at radius 1 is 1.38 bits per heavy atom. The van der Waals surface area contributed by atoms with Crippen molar-refractivity contribution >= 4 is 29.3 Å². The van der Waals surface area contributed by atoms with Gasteiger partial charge >= 0.3 is 0 Å². The predicted molar refractivity (Wildman–Crippen MR) is 102 cm³/mol. The van der Waals surface area contributed by atoms with E-state index >= 15 is 0 Å². The number of nitrogens with zero attached hydrogens (tertiary/aromatic N) is 3. The van der Waals surface area contributed by atoms with Crippen molar-refractivity contribution in [2.45, 2.75) is 19.4 Å². The molecule has 138 valence electrons. The van der Waals surface area contributed by atoms with Crippen molar-refractivity contribution in [2.75, 3.05) is 37.4 Å². The molecule has 1 atom stereocenters. The third kappa shape index (κ3) is 3.89. The van der Waals surface area contributed by atoms with E-state index in [1.807, 2.05) is 19.1 Å². The number of nitrogens with two attached hydrogens (primary N) is 1. The molecule has 1 aliphatic heterocycles. The number of aryl methyl sites for hydroxylation is 1. The number of rotatable bonds is 3. The van der Waals surface area contributed by atoms with Gasteiger partial charge in [0, 0.05) is 42.5 Å². The molecule has 1 amide bonds. The molecule has 1 aliphatic rings. The fourth-order valence-electron chi connectivity index (χ4n) is 3.12. The Morgan fingerprint density at radius 3 is 2.92 bits per heavy atom. The van der Waals surface area contributed by atoms with Crippen molar-refractivity contribution in [3.8, 4) is 0 Å². The highest BCUT2D eigenvalue weighted by Gasteiger charge is 2.27. The van der Waals surface area contributed by atoms with Gasteiger partial charge in [0.05, 0.1) is 12.6 Å². The number of nitrogen functional groups attached to an aromatic ring is 1. The Bertz CT molecular complexity index is 794. The molecule has 0 aliphatic carbocycles. The minimum atomic E-state index is -0.177. The average molecular weight is 376 g/mol. The zero-order chi connectivity index (χ0) is 18.7. The van der Waals surface area contributed by atoms with Crippen molar-refractivity contribution in [3.63, 3.8) is 0 Å². The van der Waals surface area contributed by atoms with Crippen LogP contribution in [0.1, 0.15) is 34.1 Å². The van der Waals surface area contributed by atoms with Crippen LogP contribution < -0.4 is 16.0 Å².